The molecule has 84 valence electrons. The highest BCUT2D eigenvalue weighted by molar-refractivity contribution is 5.94. The quantitative estimate of drug-likeness (QED) is 0.777. The van der Waals surface area contributed by atoms with Gasteiger partial charge in [0.1, 0.15) is 5.82 Å². The van der Waals surface area contributed by atoms with Crippen LogP contribution in [0.3, 0.4) is 0 Å². The lowest BCUT2D eigenvalue weighted by Crippen LogP contribution is -2.35. The van der Waals surface area contributed by atoms with E-state index >= 15 is 0 Å². The zero-order valence-electron chi connectivity index (χ0n) is 8.40. The molecule has 0 radical (unpaired) electrons. The van der Waals surface area contributed by atoms with Gasteiger partial charge in [-0.05, 0) is 24.3 Å². The molecule has 1 aliphatic rings. The summed E-state index contributed by atoms with van der Waals surface area (Å²) in [6.45, 7) is 0. The van der Waals surface area contributed by atoms with E-state index in [0.29, 0.717) is 12.8 Å². The second-order valence-corrected chi connectivity index (χ2v) is 3.75. The van der Waals surface area contributed by atoms with Gasteiger partial charge in [0.05, 0.1) is 5.56 Å². The molecule has 1 aromatic carbocycles. The first-order valence-electron chi connectivity index (χ1n) is 4.82. The maximum atomic E-state index is 12.6. The Morgan fingerprint density at radius 2 is 1.81 bits per heavy atom. The predicted octanol–water partition coefficient (Wildman–Crippen LogP) is 1.00. The summed E-state index contributed by atoms with van der Waals surface area (Å²) in [5.74, 6) is -1.73. The van der Waals surface area contributed by atoms with Gasteiger partial charge in [-0.15, -0.1) is 0 Å². The third-order valence-corrected chi connectivity index (χ3v) is 2.52. The molecule has 0 heterocycles. The first-order valence-corrected chi connectivity index (χ1v) is 4.82. The Labute approximate surface area is 91.2 Å². The molecule has 2 N–H and O–H groups in total. The molecule has 4 nitrogen and oxygen atoms in total. The third-order valence-electron chi connectivity index (χ3n) is 2.52. The average Bonchev–Trinajstić information content (AvgIpc) is 3.00. The van der Waals surface area contributed by atoms with Crippen LogP contribution in [0.2, 0.25) is 0 Å². The number of carbonyl (C=O) groups excluding carboxylic acids is 2. The van der Waals surface area contributed by atoms with Crippen LogP contribution in [-0.2, 0) is 9.53 Å². The number of hydrogen-bond donors (Lipinski definition) is 1. The number of amides is 1. The van der Waals surface area contributed by atoms with Gasteiger partial charge in [-0.1, -0.05) is 0 Å². The molecule has 0 spiro atoms. The number of nitrogens with two attached hydrogens (primary N) is 1. The summed E-state index contributed by atoms with van der Waals surface area (Å²) in [5.41, 5.74) is 4.18. The number of rotatable bonds is 3. The molecule has 1 amide bonds. The average molecular weight is 223 g/mol. The van der Waals surface area contributed by atoms with Gasteiger partial charge < -0.3 is 10.5 Å². The number of primary amides is 1. The van der Waals surface area contributed by atoms with E-state index in [1.165, 1.54) is 12.1 Å². The molecule has 1 saturated carbocycles. The minimum Gasteiger partial charge on any atom is -0.445 e. The van der Waals surface area contributed by atoms with Crippen molar-refractivity contribution in [3.05, 3.63) is 35.6 Å². The largest absolute Gasteiger partial charge is 0.445 e. The van der Waals surface area contributed by atoms with Crippen molar-refractivity contribution < 1.29 is 18.7 Å². The molecule has 0 aliphatic heterocycles. The molecule has 1 aliphatic carbocycles. The van der Waals surface area contributed by atoms with Crippen molar-refractivity contribution in [3.63, 3.8) is 0 Å². The number of halogens is 1. The smallest absolute Gasteiger partial charge is 0.339 e. The first kappa shape index (κ1) is 10.6. The fourth-order valence-corrected chi connectivity index (χ4v) is 1.33. The Bertz CT molecular complexity index is 437. The van der Waals surface area contributed by atoms with Gasteiger partial charge in [-0.3, -0.25) is 4.79 Å². The van der Waals surface area contributed by atoms with E-state index in [2.05, 4.69) is 0 Å². The second kappa shape index (κ2) is 3.59. The van der Waals surface area contributed by atoms with Crippen LogP contribution in [0.1, 0.15) is 23.2 Å². The van der Waals surface area contributed by atoms with Crippen molar-refractivity contribution in [2.75, 3.05) is 0 Å². The lowest BCUT2D eigenvalue weighted by molar-refractivity contribution is -0.128. The molecule has 16 heavy (non-hydrogen) atoms. The fourth-order valence-electron chi connectivity index (χ4n) is 1.33. The lowest BCUT2D eigenvalue weighted by Gasteiger charge is -2.12. The molecule has 0 bridgehead atoms. The molecule has 2 rings (SSSR count). The minimum absolute atomic E-state index is 0.203. The van der Waals surface area contributed by atoms with Crippen molar-refractivity contribution in [2.45, 2.75) is 18.4 Å². The van der Waals surface area contributed by atoms with Gasteiger partial charge in [0.2, 0.25) is 0 Å². The molecule has 0 unspecified atom stereocenters. The number of hydrogen-bond acceptors (Lipinski definition) is 3. The van der Waals surface area contributed by atoms with Crippen molar-refractivity contribution in [3.8, 4) is 0 Å². The summed E-state index contributed by atoms with van der Waals surface area (Å²) >= 11 is 0. The second-order valence-electron chi connectivity index (χ2n) is 3.75. The highest BCUT2D eigenvalue weighted by Crippen LogP contribution is 2.39. The number of ether oxygens (including phenoxy) is 1. The van der Waals surface area contributed by atoms with Crippen LogP contribution in [-0.4, -0.2) is 17.5 Å². The first-order chi connectivity index (χ1) is 7.53. The monoisotopic (exact) mass is 223 g/mol. The zero-order valence-corrected chi connectivity index (χ0v) is 8.40. The van der Waals surface area contributed by atoms with Gasteiger partial charge in [0, 0.05) is 12.8 Å². The summed E-state index contributed by atoms with van der Waals surface area (Å²) in [4.78, 5) is 22.6. The molecule has 0 atom stereocenters. The number of benzene rings is 1. The maximum absolute atomic E-state index is 12.6. The van der Waals surface area contributed by atoms with E-state index in [1.807, 2.05) is 0 Å². The topological polar surface area (TPSA) is 69.4 Å². The minimum atomic E-state index is -1.13. The van der Waals surface area contributed by atoms with Crippen LogP contribution in [0.4, 0.5) is 4.39 Å². The number of carbonyl (C=O) groups is 2. The molecule has 0 saturated heterocycles. The number of esters is 1. The van der Waals surface area contributed by atoms with Crippen LogP contribution < -0.4 is 5.73 Å². The van der Waals surface area contributed by atoms with Gasteiger partial charge in [0.25, 0.3) is 5.91 Å². The van der Waals surface area contributed by atoms with E-state index in [-0.39, 0.29) is 5.56 Å². The highest BCUT2D eigenvalue weighted by atomic mass is 19.1. The van der Waals surface area contributed by atoms with Crippen molar-refractivity contribution in [1.82, 2.24) is 0 Å². The molecular weight excluding hydrogens is 213 g/mol. The van der Waals surface area contributed by atoms with E-state index in [9.17, 15) is 14.0 Å². The van der Waals surface area contributed by atoms with Gasteiger partial charge >= 0.3 is 5.97 Å². The Morgan fingerprint density at radius 1 is 1.25 bits per heavy atom. The summed E-state index contributed by atoms with van der Waals surface area (Å²) < 4.78 is 17.6. The SMILES string of the molecule is NC(=O)C1(OC(=O)c2ccc(F)cc2)CC1. The Hall–Kier alpha value is -1.91. The van der Waals surface area contributed by atoms with Gasteiger partial charge in [-0.2, -0.15) is 0 Å². The summed E-state index contributed by atoms with van der Waals surface area (Å²) in [5, 5.41) is 0. The van der Waals surface area contributed by atoms with Crippen molar-refractivity contribution in [2.24, 2.45) is 5.73 Å². The third kappa shape index (κ3) is 1.88. The van der Waals surface area contributed by atoms with E-state index in [0.717, 1.165) is 12.1 Å². The Morgan fingerprint density at radius 3 is 2.25 bits per heavy atom. The molecular formula is C11H10FNO3. The zero-order chi connectivity index (χ0) is 11.8. The van der Waals surface area contributed by atoms with Crippen molar-refractivity contribution >= 4 is 11.9 Å². The Kier molecular flexibility index (Phi) is 2.38. The van der Waals surface area contributed by atoms with Crippen LogP contribution in [0, 0.1) is 5.82 Å². The van der Waals surface area contributed by atoms with E-state index in [4.69, 9.17) is 10.5 Å². The molecule has 0 aromatic heterocycles. The van der Waals surface area contributed by atoms with Gasteiger partial charge in [0.15, 0.2) is 5.60 Å². The van der Waals surface area contributed by atoms with Crippen molar-refractivity contribution in [1.29, 1.82) is 0 Å². The molecule has 5 heteroatoms. The van der Waals surface area contributed by atoms with Gasteiger partial charge in [-0.25, -0.2) is 9.18 Å². The van der Waals surface area contributed by atoms with E-state index in [1.54, 1.807) is 0 Å². The molecule has 1 fully saturated rings. The lowest BCUT2D eigenvalue weighted by atomic mass is 10.2. The van der Waals surface area contributed by atoms with Crippen LogP contribution in [0.15, 0.2) is 24.3 Å². The van der Waals surface area contributed by atoms with Crippen LogP contribution >= 0.6 is 0 Å². The standard InChI is InChI=1S/C11H10FNO3/c12-8-3-1-7(2-4-8)9(14)16-11(5-6-11)10(13)15/h1-4H,5-6H2,(H2,13,15). The predicted molar refractivity (Wildman–Crippen MR) is 53.0 cm³/mol. The highest BCUT2D eigenvalue weighted by Gasteiger charge is 2.52. The van der Waals surface area contributed by atoms with E-state index < -0.39 is 23.3 Å². The summed E-state index contributed by atoms with van der Waals surface area (Å²) in [6, 6.07) is 4.91. The molecule has 1 aromatic rings. The van der Waals surface area contributed by atoms with Crippen LogP contribution in [0.5, 0.6) is 0 Å². The fraction of sp³-hybridized carbons (Fsp3) is 0.273. The summed E-state index contributed by atoms with van der Waals surface area (Å²) in [7, 11) is 0. The maximum Gasteiger partial charge on any atom is 0.339 e. The summed E-state index contributed by atoms with van der Waals surface area (Å²) in [6.07, 6.45) is 0.907. The van der Waals surface area contributed by atoms with Crippen LogP contribution in [0.25, 0.3) is 0 Å². The normalized spacial score (nSPS) is 16.6. The Balaban J connectivity index is 2.09.